The van der Waals surface area contributed by atoms with Gasteiger partial charge in [-0.05, 0) is 18.2 Å². The maximum absolute atomic E-state index is 13.5. The van der Waals surface area contributed by atoms with Crippen LogP contribution < -0.4 is 4.74 Å². The van der Waals surface area contributed by atoms with E-state index in [0.29, 0.717) is 0 Å². The summed E-state index contributed by atoms with van der Waals surface area (Å²) in [5, 5.41) is 8.89. The van der Waals surface area contributed by atoms with Crippen LogP contribution in [0.4, 0.5) is 4.39 Å². The highest BCUT2D eigenvalue weighted by molar-refractivity contribution is 7.89. The highest BCUT2D eigenvalue weighted by atomic mass is 32.2. The number of nitrogens with zero attached hydrogens (tertiary/aromatic N) is 1. The largest absolute Gasteiger partial charge is 0.490 e. The monoisotopic (exact) mass is 349 g/mol. The summed E-state index contributed by atoms with van der Waals surface area (Å²) in [6.07, 6.45) is 0. The number of aliphatic carboxylic acids is 1. The van der Waals surface area contributed by atoms with Crippen molar-refractivity contribution in [2.24, 2.45) is 5.92 Å². The molecule has 1 unspecified atom stereocenters. The maximum Gasteiger partial charge on any atom is 0.307 e. The predicted octanol–water partition coefficient (Wildman–Crippen LogP) is 1.19. The molecule has 0 saturated heterocycles. The minimum atomic E-state index is -4.09. The second-order valence-electron chi connectivity index (χ2n) is 4.96. The topological polar surface area (TPSA) is 93.1 Å². The van der Waals surface area contributed by atoms with Crippen molar-refractivity contribution in [2.45, 2.75) is 11.8 Å². The average Bonchev–Trinajstić information content (AvgIpc) is 2.48. The Labute approximate surface area is 134 Å². The van der Waals surface area contributed by atoms with E-state index in [0.717, 1.165) is 16.4 Å². The number of halogens is 1. The lowest BCUT2D eigenvalue weighted by molar-refractivity contribution is -0.141. The fourth-order valence-electron chi connectivity index (χ4n) is 1.77. The lowest BCUT2D eigenvalue weighted by Crippen LogP contribution is -2.34. The second kappa shape index (κ2) is 8.23. The smallest absolute Gasteiger partial charge is 0.307 e. The fourth-order valence-corrected chi connectivity index (χ4v) is 3.17. The van der Waals surface area contributed by atoms with Gasteiger partial charge in [-0.2, -0.15) is 4.31 Å². The quantitative estimate of drug-likeness (QED) is 0.673. The molecule has 130 valence electrons. The number of carboxylic acids is 1. The number of hydrogen-bond acceptors (Lipinski definition) is 5. The summed E-state index contributed by atoms with van der Waals surface area (Å²) in [4.78, 5) is 10.5. The molecule has 0 aliphatic heterocycles. The van der Waals surface area contributed by atoms with E-state index in [1.807, 2.05) is 0 Å². The van der Waals surface area contributed by atoms with Crippen LogP contribution in [0.3, 0.4) is 0 Å². The summed E-state index contributed by atoms with van der Waals surface area (Å²) >= 11 is 0. The van der Waals surface area contributed by atoms with Gasteiger partial charge in [0, 0.05) is 20.7 Å². The van der Waals surface area contributed by atoms with Crippen LogP contribution in [-0.2, 0) is 19.6 Å². The van der Waals surface area contributed by atoms with Gasteiger partial charge in [0.15, 0.2) is 0 Å². The van der Waals surface area contributed by atoms with Crippen molar-refractivity contribution in [3.05, 3.63) is 24.0 Å². The molecular weight excluding hydrogens is 329 g/mol. The number of hydrogen-bond donors (Lipinski definition) is 1. The van der Waals surface area contributed by atoms with Crippen LogP contribution in [-0.4, -0.2) is 57.7 Å². The molecule has 1 aromatic rings. The van der Waals surface area contributed by atoms with E-state index in [1.54, 1.807) is 0 Å². The zero-order chi connectivity index (χ0) is 17.6. The molecule has 0 saturated carbocycles. The summed E-state index contributed by atoms with van der Waals surface area (Å²) in [6, 6.07) is 3.15. The van der Waals surface area contributed by atoms with Gasteiger partial charge in [0.05, 0.1) is 12.5 Å². The molecule has 0 aliphatic carbocycles. The van der Waals surface area contributed by atoms with Gasteiger partial charge >= 0.3 is 5.97 Å². The van der Waals surface area contributed by atoms with Crippen LogP contribution in [0.15, 0.2) is 23.1 Å². The Bertz CT molecular complexity index is 649. The van der Waals surface area contributed by atoms with Crippen LogP contribution in [0, 0.1) is 11.7 Å². The first-order valence-corrected chi connectivity index (χ1v) is 8.24. The minimum absolute atomic E-state index is 0.0155. The van der Waals surface area contributed by atoms with Crippen LogP contribution in [0.2, 0.25) is 0 Å². The van der Waals surface area contributed by atoms with E-state index >= 15 is 0 Å². The van der Waals surface area contributed by atoms with E-state index in [9.17, 15) is 17.6 Å². The maximum atomic E-state index is 13.5. The molecule has 1 aromatic carbocycles. The van der Waals surface area contributed by atoms with Crippen LogP contribution >= 0.6 is 0 Å². The fraction of sp³-hybridized carbons (Fsp3) is 0.500. The molecule has 0 spiro atoms. The first kappa shape index (κ1) is 19.3. The van der Waals surface area contributed by atoms with Gasteiger partial charge in [0.25, 0.3) is 0 Å². The molecule has 0 radical (unpaired) electrons. The zero-order valence-corrected chi connectivity index (χ0v) is 14.0. The van der Waals surface area contributed by atoms with Gasteiger partial charge in [-0.1, -0.05) is 6.92 Å². The van der Waals surface area contributed by atoms with Crippen LogP contribution in [0.1, 0.15) is 6.92 Å². The summed E-state index contributed by atoms with van der Waals surface area (Å²) in [5.41, 5.74) is 0. The normalized spacial score (nSPS) is 13.1. The number of methoxy groups -OCH3 is 1. The Morgan fingerprint density at radius 2 is 2.04 bits per heavy atom. The Hall–Kier alpha value is -1.71. The van der Waals surface area contributed by atoms with Crippen LogP contribution in [0.25, 0.3) is 0 Å². The summed E-state index contributed by atoms with van der Waals surface area (Å²) in [7, 11) is -1.39. The van der Waals surface area contributed by atoms with Crippen LogP contribution in [0.5, 0.6) is 5.75 Å². The standard InChI is InChI=1S/C14H20FNO6S/c1-10(14(17)18)9-16(2)23(19,20)13-8-11(15)4-5-12(13)22-7-6-21-3/h4-5,8,10H,6-7,9H2,1-3H3,(H,17,18). The highest BCUT2D eigenvalue weighted by Gasteiger charge is 2.28. The van der Waals surface area contributed by atoms with Gasteiger partial charge in [-0.15, -0.1) is 0 Å². The van der Waals surface area contributed by atoms with E-state index < -0.39 is 27.7 Å². The first-order chi connectivity index (χ1) is 10.7. The van der Waals surface area contributed by atoms with E-state index in [2.05, 4.69) is 0 Å². The number of benzene rings is 1. The summed E-state index contributed by atoms with van der Waals surface area (Å²) in [5.74, 6) is -2.77. The summed E-state index contributed by atoms with van der Waals surface area (Å²) < 4.78 is 49.6. The third-order valence-corrected chi connectivity index (χ3v) is 4.94. The molecule has 0 fully saturated rings. The first-order valence-electron chi connectivity index (χ1n) is 6.80. The van der Waals surface area contributed by atoms with Gasteiger partial charge in [-0.3, -0.25) is 4.79 Å². The van der Waals surface area contributed by atoms with Crippen molar-refractivity contribution in [3.63, 3.8) is 0 Å². The van der Waals surface area contributed by atoms with E-state index in [1.165, 1.54) is 27.1 Å². The van der Waals surface area contributed by atoms with Crippen molar-refractivity contribution in [2.75, 3.05) is 33.9 Å². The van der Waals surface area contributed by atoms with E-state index in [4.69, 9.17) is 14.6 Å². The third kappa shape index (κ3) is 5.15. The molecule has 0 aliphatic rings. The molecule has 0 aromatic heterocycles. The number of sulfonamides is 1. The molecule has 9 heteroatoms. The Kier molecular flexibility index (Phi) is 6.92. The van der Waals surface area contributed by atoms with Gasteiger partial charge in [0.1, 0.15) is 23.1 Å². The Morgan fingerprint density at radius 3 is 2.61 bits per heavy atom. The lowest BCUT2D eigenvalue weighted by atomic mass is 10.2. The number of carboxylic acid groups (broad SMARTS) is 1. The average molecular weight is 349 g/mol. The van der Waals surface area contributed by atoms with Crippen molar-refractivity contribution < 1.29 is 32.2 Å². The molecule has 1 rings (SSSR count). The van der Waals surface area contributed by atoms with E-state index in [-0.39, 0.29) is 30.4 Å². The van der Waals surface area contributed by atoms with Gasteiger partial charge in [-0.25, -0.2) is 12.8 Å². The third-order valence-electron chi connectivity index (χ3n) is 3.09. The van der Waals surface area contributed by atoms with Gasteiger partial charge < -0.3 is 14.6 Å². The highest BCUT2D eigenvalue weighted by Crippen LogP contribution is 2.27. The number of ether oxygens (including phenoxy) is 2. The second-order valence-corrected chi connectivity index (χ2v) is 6.97. The Morgan fingerprint density at radius 1 is 1.39 bits per heavy atom. The number of carbonyl (C=O) groups is 1. The molecule has 0 heterocycles. The minimum Gasteiger partial charge on any atom is -0.490 e. The van der Waals surface area contributed by atoms with Crippen molar-refractivity contribution in [1.29, 1.82) is 0 Å². The molecule has 1 N–H and O–H groups in total. The zero-order valence-electron chi connectivity index (χ0n) is 13.2. The predicted molar refractivity (Wildman–Crippen MR) is 80.4 cm³/mol. The van der Waals surface area contributed by atoms with Crippen molar-refractivity contribution >= 4 is 16.0 Å². The lowest BCUT2D eigenvalue weighted by Gasteiger charge is -2.21. The molecule has 23 heavy (non-hydrogen) atoms. The molecule has 0 bridgehead atoms. The molecule has 0 amide bonds. The Balaban J connectivity index is 3.10. The van der Waals surface area contributed by atoms with Crippen molar-refractivity contribution in [3.8, 4) is 5.75 Å². The summed E-state index contributed by atoms with van der Waals surface area (Å²) in [6.45, 7) is 1.48. The SMILES string of the molecule is COCCOc1ccc(F)cc1S(=O)(=O)N(C)CC(C)C(=O)O. The molecule has 7 nitrogen and oxygen atoms in total. The molecule has 1 atom stereocenters. The van der Waals surface area contributed by atoms with Gasteiger partial charge in [0.2, 0.25) is 10.0 Å². The number of rotatable bonds is 9. The molecular formula is C14H20FNO6S. The van der Waals surface area contributed by atoms with Crippen molar-refractivity contribution in [1.82, 2.24) is 4.31 Å².